The topological polar surface area (TPSA) is 90.0 Å². The molecule has 0 spiro atoms. The number of carbonyl (C=O) groups excluding carboxylic acids is 1. The number of hydrogen-bond acceptors (Lipinski definition) is 5. The number of thiophene rings is 1. The number of nitrogens with zero attached hydrogens (tertiary/aromatic N) is 2. The maximum atomic E-state index is 12.1. The molecule has 2 aromatic heterocycles. The maximum absolute atomic E-state index is 12.1. The van der Waals surface area contributed by atoms with Crippen molar-refractivity contribution in [2.45, 2.75) is 13.1 Å². The first kappa shape index (κ1) is 15.9. The van der Waals surface area contributed by atoms with Gasteiger partial charge in [0.2, 0.25) is 5.91 Å². The van der Waals surface area contributed by atoms with Gasteiger partial charge in [-0.1, -0.05) is 36.4 Å². The van der Waals surface area contributed by atoms with E-state index in [0.717, 1.165) is 15.1 Å². The van der Waals surface area contributed by atoms with Crippen LogP contribution in [0.4, 0.5) is 5.69 Å². The fraction of sp³-hybridized carbons (Fsp3) is 0.118. The van der Waals surface area contributed by atoms with Crippen molar-refractivity contribution in [3.63, 3.8) is 0 Å². The van der Waals surface area contributed by atoms with Gasteiger partial charge in [0, 0.05) is 6.54 Å². The van der Waals surface area contributed by atoms with Gasteiger partial charge in [0.15, 0.2) is 0 Å². The van der Waals surface area contributed by atoms with Gasteiger partial charge in [0.25, 0.3) is 5.56 Å². The highest BCUT2D eigenvalue weighted by Crippen LogP contribution is 2.22. The molecular formula is C17H16N4O2S. The summed E-state index contributed by atoms with van der Waals surface area (Å²) in [6.07, 6.45) is 0. The summed E-state index contributed by atoms with van der Waals surface area (Å²) in [5.41, 5.74) is 6.94. The van der Waals surface area contributed by atoms with Crippen LogP contribution in [-0.2, 0) is 17.9 Å². The number of hydrogen-bond donors (Lipinski definition) is 2. The van der Waals surface area contributed by atoms with Gasteiger partial charge in [-0.3, -0.25) is 9.59 Å². The molecule has 122 valence electrons. The second-order valence-electron chi connectivity index (χ2n) is 5.19. The van der Waals surface area contributed by atoms with Gasteiger partial charge >= 0.3 is 0 Å². The van der Waals surface area contributed by atoms with Crippen LogP contribution < -0.4 is 16.6 Å². The number of rotatable bonds is 5. The molecule has 0 aliphatic rings. The molecule has 0 atom stereocenters. The van der Waals surface area contributed by atoms with Crippen molar-refractivity contribution in [3.05, 3.63) is 69.8 Å². The Labute approximate surface area is 142 Å². The van der Waals surface area contributed by atoms with E-state index in [1.54, 1.807) is 0 Å². The van der Waals surface area contributed by atoms with Gasteiger partial charge in [0.1, 0.15) is 17.9 Å². The van der Waals surface area contributed by atoms with E-state index in [0.29, 0.717) is 12.2 Å². The normalized spacial score (nSPS) is 10.5. The molecule has 0 radical (unpaired) electrons. The molecule has 0 aliphatic carbocycles. The first-order valence-corrected chi connectivity index (χ1v) is 8.23. The summed E-state index contributed by atoms with van der Waals surface area (Å²) in [5.74, 6) is -0.295. The van der Waals surface area contributed by atoms with Crippen LogP contribution in [-0.4, -0.2) is 15.7 Å². The summed E-state index contributed by atoms with van der Waals surface area (Å²) in [5, 5.41) is 8.93. The highest BCUT2D eigenvalue weighted by molar-refractivity contribution is 7.13. The zero-order chi connectivity index (χ0) is 16.9. The standard InChI is InChI=1S/C17H16N4O2S/c18-13-9-14(15-7-4-8-24-15)20-21(17(13)23)11-16(22)19-10-12-5-2-1-3-6-12/h1-9H,10-11,18H2,(H,19,22). The molecule has 0 fully saturated rings. The lowest BCUT2D eigenvalue weighted by Gasteiger charge is -2.09. The fourth-order valence-electron chi connectivity index (χ4n) is 2.20. The van der Waals surface area contributed by atoms with Crippen LogP contribution in [0.3, 0.4) is 0 Å². The van der Waals surface area contributed by atoms with Crippen LogP contribution in [0.2, 0.25) is 0 Å². The molecule has 0 saturated heterocycles. The Morgan fingerprint density at radius 1 is 1.21 bits per heavy atom. The molecule has 3 rings (SSSR count). The molecule has 3 aromatic rings. The van der Waals surface area contributed by atoms with Crippen molar-refractivity contribution in [2.24, 2.45) is 0 Å². The van der Waals surface area contributed by atoms with Gasteiger partial charge in [-0.15, -0.1) is 11.3 Å². The van der Waals surface area contributed by atoms with Crippen molar-refractivity contribution in [3.8, 4) is 10.6 Å². The number of benzene rings is 1. The molecular weight excluding hydrogens is 324 g/mol. The molecule has 1 aromatic carbocycles. The molecule has 6 nitrogen and oxygen atoms in total. The molecule has 0 bridgehead atoms. The van der Waals surface area contributed by atoms with Gasteiger partial charge in [0.05, 0.1) is 4.88 Å². The number of nitrogen functional groups attached to an aromatic ring is 1. The molecule has 0 saturated carbocycles. The van der Waals surface area contributed by atoms with E-state index in [1.807, 2.05) is 47.8 Å². The Hall–Kier alpha value is -2.93. The summed E-state index contributed by atoms with van der Waals surface area (Å²) < 4.78 is 1.10. The average Bonchev–Trinajstić information content (AvgIpc) is 3.12. The lowest BCUT2D eigenvalue weighted by atomic mass is 10.2. The van der Waals surface area contributed by atoms with Gasteiger partial charge < -0.3 is 11.1 Å². The van der Waals surface area contributed by atoms with E-state index in [9.17, 15) is 9.59 Å². The first-order valence-electron chi connectivity index (χ1n) is 7.35. The average molecular weight is 340 g/mol. The van der Waals surface area contributed by atoms with E-state index in [1.165, 1.54) is 17.4 Å². The van der Waals surface area contributed by atoms with E-state index < -0.39 is 5.56 Å². The van der Waals surface area contributed by atoms with E-state index >= 15 is 0 Å². The monoisotopic (exact) mass is 340 g/mol. The summed E-state index contributed by atoms with van der Waals surface area (Å²) in [7, 11) is 0. The number of nitrogens with one attached hydrogen (secondary N) is 1. The van der Waals surface area contributed by atoms with Crippen molar-refractivity contribution in [1.29, 1.82) is 0 Å². The summed E-state index contributed by atoms with van der Waals surface area (Å²) in [6, 6.07) is 14.9. The van der Waals surface area contributed by atoms with E-state index in [4.69, 9.17) is 5.73 Å². The van der Waals surface area contributed by atoms with Gasteiger partial charge in [-0.2, -0.15) is 5.10 Å². The minimum absolute atomic E-state index is 0.0734. The number of nitrogens with two attached hydrogens (primary N) is 1. The Bertz CT molecular complexity index is 889. The third-order valence-electron chi connectivity index (χ3n) is 3.40. The van der Waals surface area contributed by atoms with Crippen LogP contribution in [0.1, 0.15) is 5.56 Å². The molecule has 24 heavy (non-hydrogen) atoms. The Morgan fingerprint density at radius 3 is 2.71 bits per heavy atom. The molecule has 0 aliphatic heterocycles. The summed E-state index contributed by atoms with van der Waals surface area (Å²) in [4.78, 5) is 25.1. The molecule has 0 unspecified atom stereocenters. The molecule has 1 amide bonds. The smallest absolute Gasteiger partial charge is 0.290 e. The third-order valence-corrected chi connectivity index (χ3v) is 4.29. The number of amides is 1. The van der Waals surface area contributed by atoms with Crippen LogP contribution in [0.15, 0.2) is 58.7 Å². The van der Waals surface area contributed by atoms with Crippen molar-refractivity contribution >= 4 is 22.9 Å². The number of anilines is 1. The van der Waals surface area contributed by atoms with Crippen LogP contribution in [0, 0.1) is 0 Å². The van der Waals surface area contributed by atoms with Crippen LogP contribution in [0.25, 0.3) is 10.6 Å². The van der Waals surface area contributed by atoms with E-state index in [2.05, 4.69) is 10.4 Å². The molecule has 3 N–H and O–H groups in total. The van der Waals surface area contributed by atoms with Crippen molar-refractivity contribution < 1.29 is 4.79 Å². The summed E-state index contributed by atoms with van der Waals surface area (Å²) in [6.45, 7) is 0.226. The predicted octanol–water partition coefficient (Wildman–Crippen LogP) is 1.87. The highest BCUT2D eigenvalue weighted by Gasteiger charge is 2.11. The second kappa shape index (κ2) is 7.10. The van der Waals surface area contributed by atoms with Gasteiger partial charge in [-0.05, 0) is 23.1 Å². The predicted molar refractivity (Wildman–Crippen MR) is 94.5 cm³/mol. The minimum Gasteiger partial charge on any atom is -0.394 e. The van der Waals surface area contributed by atoms with E-state index in [-0.39, 0.29) is 18.1 Å². The Kier molecular flexibility index (Phi) is 4.72. The lowest BCUT2D eigenvalue weighted by molar-refractivity contribution is -0.122. The maximum Gasteiger partial charge on any atom is 0.290 e. The third kappa shape index (κ3) is 3.69. The second-order valence-corrected chi connectivity index (χ2v) is 6.14. The Balaban J connectivity index is 1.74. The largest absolute Gasteiger partial charge is 0.394 e. The highest BCUT2D eigenvalue weighted by atomic mass is 32.1. The Morgan fingerprint density at radius 2 is 2.00 bits per heavy atom. The number of carbonyl (C=O) groups is 1. The lowest BCUT2D eigenvalue weighted by Crippen LogP contribution is -2.34. The van der Waals surface area contributed by atoms with Crippen LogP contribution >= 0.6 is 11.3 Å². The zero-order valence-corrected chi connectivity index (χ0v) is 13.6. The summed E-state index contributed by atoms with van der Waals surface area (Å²) >= 11 is 1.49. The van der Waals surface area contributed by atoms with Crippen LogP contribution in [0.5, 0.6) is 0 Å². The quantitative estimate of drug-likeness (QED) is 0.742. The van der Waals surface area contributed by atoms with Crippen molar-refractivity contribution in [2.75, 3.05) is 5.73 Å². The molecule has 7 heteroatoms. The zero-order valence-electron chi connectivity index (χ0n) is 12.8. The molecule has 2 heterocycles. The van der Waals surface area contributed by atoms with Gasteiger partial charge in [-0.25, -0.2) is 4.68 Å². The first-order chi connectivity index (χ1) is 11.6. The number of aromatic nitrogens is 2. The fourth-order valence-corrected chi connectivity index (χ4v) is 2.88. The SMILES string of the molecule is Nc1cc(-c2cccs2)nn(CC(=O)NCc2ccccc2)c1=O. The van der Waals surface area contributed by atoms with Crippen molar-refractivity contribution in [1.82, 2.24) is 15.1 Å². The minimum atomic E-state index is -0.467.